The van der Waals surface area contributed by atoms with Crippen molar-refractivity contribution in [1.82, 2.24) is 0 Å². The van der Waals surface area contributed by atoms with Crippen LogP contribution in [0.4, 0.5) is 11.4 Å². The molecule has 0 amide bonds. The molecule has 0 radical (unpaired) electrons. The minimum atomic E-state index is 0.939. The predicted molar refractivity (Wildman–Crippen MR) is 162 cm³/mol. The average molecular weight is 493 g/mol. The summed E-state index contributed by atoms with van der Waals surface area (Å²) in [6.45, 7) is 8.55. The average Bonchev–Trinajstić information content (AvgIpc) is 2.95. The van der Waals surface area contributed by atoms with E-state index in [1.165, 1.54) is 22.3 Å². The van der Waals surface area contributed by atoms with Crippen LogP contribution in [-0.4, -0.2) is 11.4 Å². The molecule has 0 aliphatic heterocycles. The lowest BCUT2D eigenvalue weighted by Gasteiger charge is -2.15. The largest absolute Gasteiger partial charge is 0.248 e. The van der Waals surface area contributed by atoms with E-state index in [-0.39, 0.29) is 0 Å². The fourth-order valence-corrected chi connectivity index (χ4v) is 4.59. The number of rotatable bonds is 6. The van der Waals surface area contributed by atoms with Gasteiger partial charge in [-0.15, -0.1) is 0 Å². The molecule has 0 atom stereocenters. The van der Waals surface area contributed by atoms with Crippen molar-refractivity contribution < 1.29 is 0 Å². The number of benzene rings is 5. The Bertz CT molecular complexity index is 1490. The third kappa shape index (κ3) is 5.71. The third-order valence-corrected chi connectivity index (χ3v) is 6.72. The molecule has 0 saturated carbocycles. The van der Waals surface area contributed by atoms with E-state index < -0.39 is 0 Å². The summed E-state index contributed by atoms with van der Waals surface area (Å²) in [6.07, 6.45) is 0. The first-order valence-corrected chi connectivity index (χ1v) is 13.0. The summed E-state index contributed by atoms with van der Waals surface area (Å²) in [5.74, 6) is 0. The highest BCUT2D eigenvalue weighted by Gasteiger charge is 2.15. The quantitative estimate of drug-likeness (QED) is 0.211. The Morgan fingerprint density at radius 2 is 0.789 bits per heavy atom. The zero-order valence-corrected chi connectivity index (χ0v) is 22.4. The Kier molecular flexibility index (Phi) is 7.42. The minimum absolute atomic E-state index is 0.939. The highest BCUT2D eigenvalue weighted by Crippen LogP contribution is 2.25. The lowest BCUT2D eigenvalue weighted by molar-refractivity contribution is 1.35. The Labute approximate surface area is 226 Å². The molecule has 186 valence electrons. The van der Waals surface area contributed by atoms with Gasteiger partial charge >= 0.3 is 0 Å². The molecule has 38 heavy (non-hydrogen) atoms. The summed E-state index contributed by atoms with van der Waals surface area (Å²) < 4.78 is 0. The molecular weight excluding hydrogens is 460 g/mol. The van der Waals surface area contributed by atoms with Gasteiger partial charge in [0.2, 0.25) is 0 Å². The molecule has 5 aromatic carbocycles. The first-order chi connectivity index (χ1) is 18.5. The fraction of sp³-hybridized carbons (Fsp3) is 0.111. The molecule has 5 aromatic rings. The van der Waals surface area contributed by atoms with Crippen molar-refractivity contribution >= 4 is 22.8 Å². The highest BCUT2D eigenvalue weighted by molar-refractivity contribution is 6.17. The molecule has 0 N–H and O–H groups in total. The van der Waals surface area contributed by atoms with Gasteiger partial charge in [0.15, 0.2) is 0 Å². The Balaban J connectivity index is 1.64. The van der Waals surface area contributed by atoms with Crippen molar-refractivity contribution in [3.63, 3.8) is 0 Å². The Hall–Kier alpha value is -4.56. The molecule has 0 fully saturated rings. The van der Waals surface area contributed by atoms with Gasteiger partial charge in [-0.05, 0) is 75.2 Å². The van der Waals surface area contributed by atoms with Gasteiger partial charge in [0.05, 0.1) is 22.8 Å². The van der Waals surface area contributed by atoms with Crippen molar-refractivity contribution in [1.29, 1.82) is 0 Å². The molecule has 2 heteroatoms. The standard InChI is InChI=1S/C36H32N2/c1-25-15-17-27(3)33(23-25)35(37-31-11-7-5-8-12-31)29-19-21-30(22-20-29)36(38-32-13-9-6-10-14-32)34-24-26(2)16-18-28(34)4/h5-24H,1-4H3. The summed E-state index contributed by atoms with van der Waals surface area (Å²) in [5.41, 5.74) is 13.1. The SMILES string of the molecule is Cc1ccc(C)c(C(=Nc2ccccc2)c2ccc(C(=Nc3ccccc3)c3cc(C)ccc3C)cc2)c1. The van der Waals surface area contributed by atoms with Crippen LogP contribution in [0.5, 0.6) is 0 Å². The highest BCUT2D eigenvalue weighted by atomic mass is 14.8. The van der Waals surface area contributed by atoms with E-state index in [2.05, 4.69) is 88.4 Å². The Morgan fingerprint density at radius 3 is 1.16 bits per heavy atom. The van der Waals surface area contributed by atoms with Crippen LogP contribution < -0.4 is 0 Å². The van der Waals surface area contributed by atoms with Crippen molar-refractivity contribution in [2.24, 2.45) is 9.98 Å². The Morgan fingerprint density at radius 1 is 0.421 bits per heavy atom. The number of aliphatic imine (C=N–C) groups is 2. The summed E-state index contributed by atoms with van der Waals surface area (Å²) >= 11 is 0. The van der Waals surface area contributed by atoms with Crippen LogP contribution in [0.25, 0.3) is 0 Å². The summed E-state index contributed by atoms with van der Waals surface area (Å²) in [7, 11) is 0. The number of para-hydroxylation sites is 2. The molecule has 0 aromatic heterocycles. The van der Waals surface area contributed by atoms with Gasteiger partial charge in [0.1, 0.15) is 0 Å². The number of hydrogen-bond donors (Lipinski definition) is 0. The smallest absolute Gasteiger partial charge is 0.0784 e. The number of aryl methyl sites for hydroxylation is 4. The van der Waals surface area contributed by atoms with E-state index in [4.69, 9.17) is 9.98 Å². The lowest BCUT2D eigenvalue weighted by atomic mass is 9.93. The van der Waals surface area contributed by atoms with Crippen LogP contribution in [0.15, 0.2) is 131 Å². The molecule has 0 spiro atoms. The molecule has 0 aliphatic carbocycles. The monoisotopic (exact) mass is 492 g/mol. The second-order valence-corrected chi connectivity index (χ2v) is 9.81. The minimum Gasteiger partial charge on any atom is -0.248 e. The molecule has 0 bridgehead atoms. The van der Waals surface area contributed by atoms with Gasteiger partial charge in [-0.1, -0.05) is 96.1 Å². The van der Waals surface area contributed by atoms with E-state index in [0.717, 1.165) is 45.1 Å². The van der Waals surface area contributed by atoms with Crippen LogP contribution in [0.2, 0.25) is 0 Å². The first-order valence-electron chi connectivity index (χ1n) is 13.0. The van der Waals surface area contributed by atoms with Crippen LogP contribution in [0.1, 0.15) is 44.5 Å². The third-order valence-electron chi connectivity index (χ3n) is 6.72. The van der Waals surface area contributed by atoms with Crippen molar-refractivity contribution in [3.8, 4) is 0 Å². The fourth-order valence-electron chi connectivity index (χ4n) is 4.59. The maximum Gasteiger partial charge on any atom is 0.0784 e. The first kappa shape index (κ1) is 25.1. The molecule has 0 unspecified atom stereocenters. The van der Waals surface area contributed by atoms with Crippen LogP contribution >= 0.6 is 0 Å². The molecule has 0 heterocycles. The van der Waals surface area contributed by atoms with E-state index in [0.29, 0.717) is 0 Å². The van der Waals surface area contributed by atoms with Crippen LogP contribution in [0, 0.1) is 27.7 Å². The number of hydrogen-bond acceptors (Lipinski definition) is 2. The molecule has 2 nitrogen and oxygen atoms in total. The second kappa shape index (κ2) is 11.2. The molecule has 0 saturated heterocycles. The van der Waals surface area contributed by atoms with Gasteiger partial charge in [-0.2, -0.15) is 0 Å². The van der Waals surface area contributed by atoms with Gasteiger partial charge < -0.3 is 0 Å². The summed E-state index contributed by atoms with van der Waals surface area (Å²) in [6, 6.07) is 42.1. The van der Waals surface area contributed by atoms with Gasteiger partial charge in [-0.25, -0.2) is 9.98 Å². The van der Waals surface area contributed by atoms with E-state index >= 15 is 0 Å². The van der Waals surface area contributed by atoms with E-state index in [9.17, 15) is 0 Å². The zero-order valence-electron chi connectivity index (χ0n) is 22.4. The van der Waals surface area contributed by atoms with Crippen molar-refractivity contribution in [2.45, 2.75) is 27.7 Å². The topological polar surface area (TPSA) is 24.7 Å². The van der Waals surface area contributed by atoms with Gasteiger partial charge in [-0.3, -0.25) is 0 Å². The van der Waals surface area contributed by atoms with Gasteiger partial charge in [0, 0.05) is 22.3 Å². The van der Waals surface area contributed by atoms with Crippen LogP contribution in [-0.2, 0) is 0 Å². The van der Waals surface area contributed by atoms with E-state index in [1.807, 2.05) is 60.7 Å². The maximum absolute atomic E-state index is 5.11. The van der Waals surface area contributed by atoms with Crippen molar-refractivity contribution in [3.05, 3.63) is 166 Å². The normalized spacial score (nSPS) is 12.0. The molecule has 5 rings (SSSR count). The van der Waals surface area contributed by atoms with Crippen LogP contribution in [0.3, 0.4) is 0 Å². The maximum atomic E-state index is 5.11. The molecule has 0 aliphatic rings. The lowest BCUT2D eigenvalue weighted by Crippen LogP contribution is -2.09. The second-order valence-electron chi connectivity index (χ2n) is 9.81. The summed E-state index contributed by atoms with van der Waals surface area (Å²) in [5, 5.41) is 0. The molecular formula is C36H32N2. The van der Waals surface area contributed by atoms with Crippen molar-refractivity contribution in [2.75, 3.05) is 0 Å². The zero-order chi connectivity index (χ0) is 26.5. The predicted octanol–water partition coefficient (Wildman–Crippen LogP) is 9.26. The summed E-state index contributed by atoms with van der Waals surface area (Å²) in [4.78, 5) is 10.2. The van der Waals surface area contributed by atoms with Gasteiger partial charge in [0.25, 0.3) is 0 Å². The number of nitrogens with zero attached hydrogens (tertiary/aromatic N) is 2. The van der Waals surface area contributed by atoms with E-state index in [1.54, 1.807) is 0 Å².